The van der Waals surface area contributed by atoms with Crippen molar-refractivity contribution in [2.24, 2.45) is 0 Å². The summed E-state index contributed by atoms with van der Waals surface area (Å²) in [4.78, 5) is 2.72. The Bertz CT molecular complexity index is 525. The van der Waals surface area contributed by atoms with Gasteiger partial charge in [0.2, 0.25) is 0 Å². The van der Waals surface area contributed by atoms with Gasteiger partial charge in [0.25, 0.3) is 10.0 Å². The third-order valence-electron chi connectivity index (χ3n) is 2.63. The normalized spacial score (nSPS) is 12.4. The highest BCUT2D eigenvalue weighted by atomic mass is 32.2. The zero-order chi connectivity index (χ0) is 14.6. The fourth-order valence-electron chi connectivity index (χ4n) is 1.61. The summed E-state index contributed by atoms with van der Waals surface area (Å²) in [6.45, 7) is 6.76. The third kappa shape index (κ3) is 4.91. The highest BCUT2D eigenvalue weighted by molar-refractivity contribution is 7.89. The van der Waals surface area contributed by atoms with Crippen molar-refractivity contribution in [3.05, 3.63) is 29.3 Å². The molecule has 1 rings (SSSR count). The molecule has 0 spiro atoms. The van der Waals surface area contributed by atoms with E-state index in [0.717, 1.165) is 11.1 Å². The van der Waals surface area contributed by atoms with Crippen LogP contribution in [0.25, 0.3) is 0 Å². The van der Waals surface area contributed by atoms with Gasteiger partial charge >= 0.3 is 0 Å². The van der Waals surface area contributed by atoms with Crippen molar-refractivity contribution >= 4 is 10.0 Å². The van der Waals surface area contributed by atoms with Crippen molar-refractivity contribution in [2.45, 2.75) is 38.3 Å². The van der Waals surface area contributed by atoms with E-state index < -0.39 is 10.0 Å². The molecule has 0 heterocycles. The SMILES string of the molecule is Cc1ccc(S(=O)(=O)NN(C)C)cc1CNC(C)C. The molecule has 1 aromatic carbocycles. The predicted molar refractivity (Wildman–Crippen MR) is 77.2 cm³/mol. The average Bonchev–Trinajstić information content (AvgIpc) is 2.25. The molecular formula is C13H23N3O2S. The first kappa shape index (κ1) is 16.1. The minimum atomic E-state index is -3.49. The van der Waals surface area contributed by atoms with E-state index in [1.165, 1.54) is 5.01 Å². The molecule has 0 aliphatic rings. The van der Waals surface area contributed by atoms with Gasteiger partial charge in [-0.15, -0.1) is 4.83 Å². The van der Waals surface area contributed by atoms with Crippen LogP contribution in [0.2, 0.25) is 0 Å². The number of hydrogen-bond acceptors (Lipinski definition) is 4. The van der Waals surface area contributed by atoms with Gasteiger partial charge in [0.05, 0.1) is 4.90 Å². The summed E-state index contributed by atoms with van der Waals surface area (Å²) in [6.07, 6.45) is 0. The Hall–Kier alpha value is -0.950. The second-order valence-corrected chi connectivity index (χ2v) is 6.77. The Morgan fingerprint density at radius 2 is 1.89 bits per heavy atom. The van der Waals surface area contributed by atoms with E-state index in [-0.39, 0.29) is 4.90 Å². The highest BCUT2D eigenvalue weighted by Gasteiger charge is 2.15. The van der Waals surface area contributed by atoms with Crippen LogP contribution >= 0.6 is 0 Å². The van der Waals surface area contributed by atoms with Crippen LogP contribution in [-0.4, -0.2) is 33.6 Å². The summed E-state index contributed by atoms with van der Waals surface area (Å²) >= 11 is 0. The van der Waals surface area contributed by atoms with E-state index in [1.807, 2.05) is 13.0 Å². The van der Waals surface area contributed by atoms with Crippen LogP contribution < -0.4 is 10.1 Å². The second-order valence-electron chi connectivity index (χ2n) is 5.11. The molecule has 0 radical (unpaired) electrons. The minimum Gasteiger partial charge on any atom is -0.310 e. The van der Waals surface area contributed by atoms with Crippen molar-refractivity contribution in [2.75, 3.05) is 14.1 Å². The maximum atomic E-state index is 12.1. The van der Waals surface area contributed by atoms with Crippen molar-refractivity contribution in [3.63, 3.8) is 0 Å². The van der Waals surface area contributed by atoms with Crippen molar-refractivity contribution in [3.8, 4) is 0 Å². The van der Waals surface area contributed by atoms with E-state index in [2.05, 4.69) is 24.0 Å². The van der Waals surface area contributed by atoms with Crippen LogP contribution in [0.15, 0.2) is 23.1 Å². The lowest BCUT2D eigenvalue weighted by atomic mass is 10.1. The molecule has 19 heavy (non-hydrogen) atoms. The van der Waals surface area contributed by atoms with Gasteiger partial charge in [0, 0.05) is 26.7 Å². The molecule has 0 aliphatic heterocycles. The molecule has 0 aliphatic carbocycles. The predicted octanol–water partition coefficient (Wildman–Crippen LogP) is 1.25. The maximum absolute atomic E-state index is 12.1. The van der Waals surface area contributed by atoms with E-state index >= 15 is 0 Å². The number of hydrogen-bond donors (Lipinski definition) is 2. The molecular weight excluding hydrogens is 262 g/mol. The molecule has 108 valence electrons. The first-order chi connectivity index (χ1) is 8.72. The maximum Gasteiger partial charge on any atom is 0.253 e. The fourth-order valence-corrected chi connectivity index (χ4v) is 2.74. The van der Waals surface area contributed by atoms with E-state index in [4.69, 9.17) is 0 Å². The molecule has 0 aromatic heterocycles. The molecule has 0 saturated heterocycles. The molecule has 0 bridgehead atoms. The van der Waals surface area contributed by atoms with Crippen LogP contribution in [0.5, 0.6) is 0 Å². The summed E-state index contributed by atoms with van der Waals surface area (Å²) in [5.41, 5.74) is 2.08. The first-order valence-corrected chi connectivity index (χ1v) is 7.73. The van der Waals surface area contributed by atoms with Gasteiger partial charge in [-0.1, -0.05) is 19.9 Å². The zero-order valence-electron chi connectivity index (χ0n) is 12.2. The largest absolute Gasteiger partial charge is 0.310 e. The van der Waals surface area contributed by atoms with E-state index in [1.54, 1.807) is 26.2 Å². The molecule has 0 amide bonds. The molecule has 0 unspecified atom stereocenters. The Balaban J connectivity index is 3.01. The lowest BCUT2D eigenvalue weighted by molar-refractivity contribution is 0.364. The van der Waals surface area contributed by atoms with Crippen LogP contribution in [0, 0.1) is 6.92 Å². The average molecular weight is 285 g/mol. The van der Waals surface area contributed by atoms with E-state index in [0.29, 0.717) is 12.6 Å². The molecule has 5 nitrogen and oxygen atoms in total. The Morgan fingerprint density at radius 1 is 1.26 bits per heavy atom. The molecule has 2 N–H and O–H groups in total. The van der Waals surface area contributed by atoms with Crippen LogP contribution in [0.4, 0.5) is 0 Å². The van der Waals surface area contributed by atoms with Gasteiger partial charge in [-0.05, 0) is 30.2 Å². The molecule has 6 heteroatoms. The topological polar surface area (TPSA) is 61.4 Å². The van der Waals surface area contributed by atoms with Gasteiger partial charge in [-0.3, -0.25) is 0 Å². The van der Waals surface area contributed by atoms with Gasteiger partial charge in [0.1, 0.15) is 0 Å². The lowest BCUT2D eigenvalue weighted by Gasteiger charge is -2.15. The number of hydrazine groups is 1. The Labute approximate surface area is 116 Å². The fraction of sp³-hybridized carbons (Fsp3) is 0.538. The Kier molecular flexibility index (Phi) is 5.49. The first-order valence-electron chi connectivity index (χ1n) is 6.25. The third-order valence-corrected chi connectivity index (χ3v) is 4.11. The number of benzene rings is 1. The monoisotopic (exact) mass is 285 g/mol. The molecule has 1 aromatic rings. The summed E-state index contributed by atoms with van der Waals surface area (Å²) in [6, 6.07) is 5.54. The summed E-state index contributed by atoms with van der Waals surface area (Å²) in [5, 5.41) is 4.71. The summed E-state index contributed by atoms with van der Waals surface area (Å²) in [7, 11) is -0.198. The van der Waals surface area contributed by atoms with Crippen LogP contribution in [0.1, 0.15) is 25.0 Å². The van der Waals surface area contributed by atoms with Crippen molar-refractivity contribution in [1.82, 2.24) is 15.2 Å². The standard InChI is InChI=1S/C13H23N3O2S/c1-10(2)14-9-12-8-13(7-6-11(12)3)19(17,18)15-16(4)5/h6-8,10,14-15H,9H2,1-5H3. The van der Waals surface area contributed by atoms with Gasteiger partial charge < -0.3 is 5.32 Å². The van der Waals surface area contributed by atoms with E-state index in [9.17, 15) is 8.42 Å². The zero-order valence-corrected chi connectivity index (χ0v) is 13.0. The Morgan fingerprint density at radius 3 is 2.42 bits per heavy atom. The van der Waals surface area contributed by atoms with Gasteiger partial charge in [0.15, 0.2) is 0 Å². The summed E-state index contributed by atoms with van der Waals surface area (Å²) in [5.74, 6) is 0. The van der Waals surface area contributed by atoms with Crippen LogP contribution in [-0.2, 0) is 16.6 Å². The molecule has 0 atom stereocenters. The van der Waals surface area contributed by atoms with Gasteiger partial charge in [-0.2, -0.15) is 0 Å². The number of nitrogens with zero attached hydrogens (tertiary/aromatic N) is 1. The quantitative estimate of drug-likeness (QED) is 0.772. The number of nitrogens with one attached hydrogen (secondary N) is 2. The van der Waals surface area contributed by atoms with Crippen molar-refractivity contribution < 1.29 is 8.42 Å². The van der Waals surface area contributed by atoms with Crippen molar-refractivity contribution in [1.29, 1.82) is 0 Å². The summed E-state index contributed by atoms with van der Waals surface area (Å²) < 4.78 is 24.1. The minimum absolute atomic E-state index is 0.285. The number of rotatable bonds is 6. The highest BCUT2D eigenvalue weighted by Crippen LogP contribution is 2.15. The number of aryl methyl sites for hydroxylation is 1. The molecule has 0 fully saturated rings. The lowest BCUT2D eigenvalue weighted by Crippen LogP contribution is -2.36. The number of sulfonamides is 1. The van der Waals surface area contributed by atoms with Gasteiger partial charge in [-0.25, -0.2) is 13.4 Å². The second kappa shape index (κ2) is 6.47. The molecule has 0 saturated carbocycles. The smallest absolute Gasteiger partial charge is 0.253 e. The van der Waals surface area contributed by atoms with Crippen LogP contribution in [0.3, 0.4) is 0 Å².